The van der Waals surface area contributed by atoms with Gasteiger partial charge in [-0.05, 0) is 32.8 Å². The molecule has 2 aliphatic rings. The van der Waals surface area contributed by atoms with Gasteiger partial charge in [-0.3, -0.25) is 0 Å². The Morgan fingerprint density at radius 1 is 1.24 bits per heavy atom. The molecule has 0 saturated heterocycles. The predicted octanol–water partition coefficient (Wildman–Crippen LogP) is 4.52. The molecule has 1 N–H and O–H groups in total. The SMILES string of the molecule is CCOC(=O)C1=C(c2ccc(C)cc2)N(C)C(OC)/C1=C(/O)C1C=CC(C)=CC1. The molecule has 1 aromatic carbocycles. The minimum atomic E-state index is -0.578. The number of ether oxygens (including phenoxy) is 2. The van der Waals surface area contributed by atoms with Crippen molar-refractivity contribution in [1.82, 2.24) is 4.90 Å². The number of likely N-dealkylation sites (N-methyl/N-ethyl adjacent to an activating group) is 1. The molecule has 5 heteroatoms. The molecular formula is C24H29NO4. The van der Waals surface area contributed by atoms with Crippen LogP contribution >= 0.6 is 0 Å². The molecule has 2 atom stereocenters. The first-order valence-corrected chi connectivity index (χ1v) is 9.91. The van der Waals surface area contributed by atoms with E-state index < -0.39 is 12.2 Å². The monoisotopic (exact) mass is 395 g/mol. The Bertz CT molecular complexity index is 905. The number of aliphatic hydroxyl groups excluding tert-OH is 1. The number of carbonyl (C=O) groups is 1. The first-order valence-electron chi connectivity index (χ1n) is 9.91. The molecule has 154 valence electrons. The predicted molar refractivity (Wildman–Crippen MR) is 114 cm³/mol. The van der Waals surface area contributed by atoms with Gasteiger partial charge in [0.15, 0.2) is 6.23 Å². The maximum atomic E-state index is 13.0. The number of hydrogen-bond acceptors (Lipinski definition) is 5. The Hall–Kier alpha value is -2.79. The van der Waals surface area contributed by atoms with Crippen LogP contribution in [0.1, 0.15) is 31.4 Å². The lowest BCUT2D eigenvalue weighted by Crippen LogP contribution is -2.29. The Balaban J connectivity index is 2.20. The third-order valence-electron chi connectivity index (χ3n) is 5.40. The molecule has 0 fully saturated rings. The number of hydrogen-bond donors (Lipinski definition) is 1. The quantitative estimate of drug-likeness (QED) is 0.587. The van der Waals surface area contributed by atoms with E-state index in [1.165, 1.54) is 0 Å². The van der Waals surface area contributed by atoms with Gasteiger partial charge in [-0.2, -0.15) is 0 Å². The molecule has 0 radical (unpaired) electrons. The Kier molecular flexibility index (Phi) is 6.28. The normalized spacial score (nSPS) is 23.3. The second kappa shape index (κ2) is 8.70. The number of nitrogens with zero attached hydrogens (tertiary/aromatic N) is 1. The average molecular weight is 395 g/mol. The third-order valence-corrected chi connectivity index (χ3v) is 5.40. The van der Waals surface area contributed by atoms with Crippen molar-refractivity contribution in [3.05, 3.63) is 76.1 Å². The van der Waals surface area contributed by atoms with Gasteiger partial charge in [0.1, 0.15) is 5.76 Å². The van der Waals surface area contributed by atoms with E-state index in [2.05, 4.69) is 6.08 Å². The smallest absolute Gasteiger partial charge is 0.340 e. The van der Waals surface area contributed by atoms with Crippen molar-refractivity contribution >= 4 is 11.7 Å². The van der Waals surface area contributed by atoms with Crippen LogP contribution in [0.25, 0.3) is 5.70 Å². The van der Waals surface area contributed by atoms with Crippen molar-refractivity contribution in [2.75, 3.05) is 20.8 Å². The van der Waals surface area contributed by atoms with E-state index in [4.69, 9.17) is 9.47 Å². The largest absolute Gasteiger partial charge is 0.511 e. The van der Waals surface area contributed by atoms with Crippen molar-refractivity contribution in [3.8, 4) is 0 Å². The van der Waals surface area contributed by atoms with E-state index in [0.29, 0.717) is 23.3 Å². The number of aliphatic hydroxyl groups is 1. The van der Waals surface area contributed by atoms with E-state index in [-0.39, 0.29) is 18.3 Å². The van der Waals surface area contributed by atoms with Gasteiger partial charge in [-0.1, -0.05) is 53.6 Å². The van der Waals surface area contributed by atoms with Gasteiger partial charge in [-0.25, -0.2) is 4.79 Å². The van der Waals surface area contributed by atoms with Crippen molar-refractivity contribution < 1.29 is 19.4 Å². The molecule has 0 bridgehead atoms. The van der Waals surface area contributed by atoms with Crippen molar-refractivity contribution in [3.63, 3.8) is 0 Å². The van der Waals surface area contributed by atoms with Crippen molar-refractivity contribution in [1.29, 1.82) is 0 Å². The summed E-state index contributed by atoms with van der Waals surface area (Å²) in [5, 5.41) is 11.2. The summed E-state index contributed by atoms with van der Waals surface area (Å²) in [4.78, 5) is 14.9. The number of esters is 1. The van der Waals surface area contributed by atoms with E-state index in [1.807, 2.05) is 62.2 Å². The molecule has 1 aromatic rings. The number of benzene rings is 1. The highest BCUT2D eigenvalue weighted by Crippen LogP contribution is 2.42. The summed E-state index contributed by atoms with van der Waals surface area (Å²) in [7, 11) is 3.44. The first-order chi connectivity index (χ1) is 13.9. The Morgan fingerprint density at radius 2 is 1.93 bits per heavy atom. The van der Waals surface area contributed by atoms with Crippen LogP contribution in [-0.4, -0.2) is 43.0 Å². The summed E-state index contributed by atoms with van der Waals surface area (Å²) in [6, 6.07) is 7.94. The van der Waals surface area contributed by atoms with E-state index in [0.717, 1.165) is 16.7 Å². The lowest BCUT2D eigenvalue weighted by Gasteiger charge is -2.26. The van der Waals surface area contributed by atoms with Gasteiger partial charge >= 0.3 is 5.97 Å². The van der Waals surface area contributed by atoms with E-state index in [1.54, 1.807) is 14.0 Å². The third kappa shape index (κ3) is 4.01. The number of methoxy groups -OCH3 is 1. The molecule has 0 aromatic heterocycles. The summed E-state index contributed by atoms with van der Waals surface area (Å²) in [6.45, 7) is 6.07. The molecule has 29 heavy (non-hydrogen) atoms. The maximum absolute atomic E-state index is 13.0. The fourth-order valence-corrected chi connectivity index (χ4v) is 3.87. The number of aryl methyl sites for hydroxylation is 1. The van der Waals surface area contributed by atoms with Crippen molar-refractivity contribution in [2.24, 2.45) is 5.92 Å². The van der Waals surface area contributed by atoms with E-state index in [9.17, 15) is 9.90 Å². The van der Waals surface area contributed by atoms with Gasteiger partial charge in [0.25, 0.3) is 0 Å². The highest BCUT2D eigenvalue weighted by Gasteiger charge is 2.42. The van der Waals surface area contributed by atoms with E-state index >= 15 is 0 Å². The molecule has 5 nitrogen and oxygen atoms in total. The van der Waals surface area contributed by atoms with Crippen LogP contribution in [0.4, 0.5) is 0 Å². The van der Waals surface area contributed by atoms with Crippen LogP contribution in [0.2, 0.25) is 0 Å². The van der Waals surface area contributed by atoms with Crippen LogP contribution in [0.3, 0.4) is 0 Å². The minimum Gasteiger partial charge on any atom is -0.511 e. The van der Waals surface area contributed by atoms with Gasteiger partial charge in [0, 0.05) is 20.1 Å². The fourth-order valence-electron chi connectivity index (χ4n) is 3.87. The molecule has 3 rings (SSSR count). The minimum absolute atomic E-state index is 0.147. The molecule has 1 aliphatic carbocycles. The second-order valence-corrected chi connectivity index (χ2v) is 7.46. The highest BCUT2D eigenvalue weighted by atomic mass is 16.5. The molecule has 1 aliphatic heterocycles. The molecule has 2 unspecified atom stereocenters. The lowest BCUT2D eigenvalue weighted by molar-refractivity contribution is -0.138. The Morgan fingerprint density at radius 3 is 2.48 bits per heavy atom. The van der Waals surface area contributed by atoms with Crippen LogP contribution in [0.5, 0.6) is 0 Å². The molecule has 0 amide bonds. The topological polar surface area (TPSA) is 59.0 Å². The summed E-state index contributed by atoms with van der Waals surface area (Å²) in [6.07, 6.45) is 6.13. The molecule has 0 saturated carbocycles. The maximum Gasteiger partial charge on any atom is 0.340 e. The van der Waals surface area contributed by atoms with Gasteiger partial charge < -0.3 is 19.5 Å². The summed E-state index contributed by atoms with van der Waals surface area (Å²) in [5.74, 6) is -0.516. The van der Waals surface area contributed by atoms with Gasteiger partial charge in [0.05, 0.1) is 23.5 Å². The lowest BCUT2D eigenvalue weighted by atomic mass is 9.90. The average Bonchev–Trinajstić information content (AvgIpc) is 3.01. The fraction of sp³-hybridized carbons (Fsp3) is 0.375. The van der Waals surface area contributed by atoms with Crippen molar-refractivity contribution in [2.45, 2.75) is 33.4 Å². The molecule has 0 spiro atoms. The molecular weight excluding hydrogens is 366 g/mol. The summed E-state index contributed by atoms with van der Waals surface area (Å²) < 4.78 is 11.1. The number of rotatable bonds is 5. The first kappa shape index (κ1) is 20.9. The van der Waals surface area contributed by atoms with Crippen LogP contribution < -0.4 is 0 Å². The van der Waals surface area contributed by atoms with Crippen LogP contribution in [0.15, 0.2) is 65.0 Å². The summed E-state index contributed by atoms with van der Waals surface area (Å²) in [5.41, 5.74) is 4.70. The van der Waals surface area contributed by atoms with Gasteiger partial charge in [0.2, 0.25) is 0 Å². The molecule has 1 heterocycles. The standard InChI is InChI=1S/C24H29NO4/c1-6-29-24(27)19-20(22(26)18-13-9-16(3)10-14-18)23(28-5)25(4)21(19)17-11-7-15(2)8-12-17/h7-13,18,23,26H,6,14H2,1-5H3/b22-20+. The van der Waals surface area contributed by atoms with Gasteiger partial charge in [-0.15, -0.1) is 0 Å². The van der Waals surface area contributed by atoms with Crippen LogP contribution in [0, 0.1) is 12.8 Å². The number of carbonyl (C=O) groups excluding carboxylic acids is 1. The number of allylic oxidation sites excluding steroid dienone is 4. The Labute approximate surface area is 172 Å². The second-order valence-electron chi connectivity index (χ2n) is 7.46. The highest BCUT2D eigenvalue weighted by molar-refractivity contribution is 6.04. The zero-order valence-corrected chi connectivity index (χ0v) is 17.7. The summed E-state index contributed by atoms with van der Waals surface area (Å²) >= 11 is 0. The zero-order chi connectivity index (χ0) is 21.1. The zero-order valence-electron chi connectivity index (χ0n) is 17.7. The van der Waals surface area contributed by atoms with Crippen LogP contribution in [-0.2, 0) is 14.3 Å².